The number of furan rings is 1. The Morgan fingerprint density at radius 3 is 2.89 bits per heavy atom. The van der Waals surface area contributed by atoms with Gasteiger partial charge in [0.15, 0.2) is 5.69 Å². The van der Waals surface area contributed by atoms with E-state index in [-0.39, 0.29) is 11.6 Å². The number of ether oxygens (including phenoxy) is 1. The van der Waals surface area contributed by atoms with Crippen LogP contribution in [0.5, 0.6) is 5.75 Å². The molecule has 1 saturated carbocycles. The second kappa shape index (κ2) is 8.31. The Morgan fingerprint density at radius 1 is 1.25 bits per heavy atom. The van der Waals surface area contributed by atoms with E-state index in [4.69, 9.17) is 13.6 Å². The number of hydrogen-bond acceptors (Lipinski definition) is 6. The SMILES string of the molecule is COc1cccc(CN(Cc2nc(C(=O)NCc3ccco3)co2)C2CC2)c1. The first-order valence-electron chi connectivity index (χ1n) is 9.33. The van der Waals surface area contributed by atoms with E-state index in [9.17, 15) is 4.79 Å². The van der Waals surface area contributed by atoms with Crippen molar-refractivity contribution in [3.63, 3.8) is 0 Å². The van der Waals surface area contributed by atoms with Crippen LogP contribution in [0.4, 0.5) is 0 Å². The molecular weight excluding hydrogens is 358 g/mol. The number of methoxy groups -OCH3 is 1. The molecule has 1 aliphatic carbocycles. The van der Waals surface area contributed by atoms with Gasteiger partial charge in [0, 0.05) is 12.6 Å². The highest BCUT2D eigenvalue weighted by molar-refractivity contribution is 5.91. The van der Waals surface area contributed by atoms with E-state index in [0.29, 0.717) is 30.8 Å². The van der Waals surface area contributed by atoms with Gasteiger partial charge < -0.3 is 18.9 Å². The highest BCUT2D eigenvalue weighted by Gasteiger charge is 2.30. The van der Waals surface area contributed by atoms with E-state index in [0.717, 1.165) is 12.3 Å². The number of rotatable bonds is 9. The van der Waals surface area contributed by atoms with Crippen molar-refractivity contribution in [1.29, 1.82) is 0 Å². The second-order valence-corrected chi connectivity index (χ2v) is 6.88. The van der Waals surface area contributed by atoms with Gasteiger partial charge >= 0.3 is 0 Å². The molecule has 0 aliphatic heterocycles. The first-order valence-corrected chi connectivity index (χ1v) is 9.33. The molecular formula is C21H23N3O4. The maximum absolute atomic E-state index is 12.2. The highest BCUT2D eigenvalue weighted by atomic mass is 16.5. The first-order chi connectivity index (χ1) is 13.7. The van der Waals surface area contributed by atoms with Crippen molar-refractivity contribution in [2.75, 3.05) is 7.11 Å². The number of benzene rings is 1. The quantitative estimate of drug-likeness (QED) is 0.612. The number of carbonyl (C=O) groups is 1. The Balaban J connectivity index is 1.37. The second-order valence-electron chi connectivity index (χ2n) is 6.88. The summed E-state index contributed by atoms with van der Waals surface area (Å²) in [6.45, 7) is 1.66. The van der Waals surface area contributed by atoms with Crippen molar-refractivity contribution in [2.45, 2.75) is 38.5 Å². The van der Waals surface area contributed by atoms with Crippen LogP contribution in [0, 0.1) is 0 Å². The van der Waals surface area contributed by atoms with Crippen LogP contribution in [0.3, 0.4) is 0 Å². The lowest BCUT2D eigenvalue weighted by molar-refractivity contribution is 0.0943. The number of nitrogens with one attached hydrogen (secondary N) is 1. The summed E-state index contributed by atoms with van der Waals surface area (Å²) < 4.78 is 16.1. The Bertz CT molecular complexity index is 915. The minimum Gasteiger partial charge on any atom is -0.497 e. The van der Waals surface area contributed by atoms with Gasteiger partial charge in [0.1, 0.15) is 17.8 Å². The molecule has 28 heavy (non-hydrogen) atoms. The normalized spacial score (nSPS) is 13.6. The minimum absolute atomic E-state index is 0.277. The number of hydrogen-bond donors (Lipinski definition) is 1. The predicted octanol–water partition coefficient (Wildman–Crippen LogP) is 3.37. The van der Waals surface area contributed by atoms with Gasteiger partial charge in [-0.2, -0.15) is 0 Å². The molecule has 1 N–H and O–H groups in total. The maximum atomic E-state index is 12.2. The number of amides is 1. The summed E-state index contributed by atoms with van der Waals surface area (Å²) in [7, 11) is 1.67. The van der Waals surface area contributed by atoms with Crippen LogP contribution >= 0.6 is 0 Å². The molecule has 2 heterocycles. The standard InChI is InChI=1S/C21H23N3O4/c1-26-17-5-2-4-15(10-17)12-24(16-7-8-16)13-20-23-19(14-28-20)21(25)22-11-18-6-3-9-27-18/h2-6,9-10,14,16H,7-8,11-13H2,1H3,(H,22,25). The molecule has 146 valence electrons. The molecule has 0 atom stereocenters. The summed E-state index contributed by atoms with van der Waals surface area (Å²) in [6.07, 6.45) is 5.32. The van der Waals surface area contributed by atoms with Crippen molar-refractivity contribution in [3.05, 3.63) is 71.8 Å². The average molecular weight is 381 g/mol. The lowest BCUT2D eigenvalue weighted by atomic mass is 10.2. The van der Waals surface area contributed by atoms with Crippen LogP contribution < -0.4 is 10.1 Å². The van der Waals surface area contributed by atoms with E-state index >= 15 is 0 Å². The van der Waals surface area contributed by atoms with Gasteiger partial charge in [0.25, 0.3) is 5.91 Å². The van der Waals surface area contributed by atoms with Crippen molar-refractivity contribution >= 4 is 5.91 Å². The summed E-state index contributed by atoms with van der Waals surface area (Å²) >= 11 is 0. The van der Waals surface area contributed by atoms with Gasteiger partial charge in [0.2, 0.25) is 5.89 Å². The van der Waals surface area contributed by atoms with Crippen molar-refractivity contribution < 1.29 is 18.4 Å². The summed E-state index contributed by atoms with van der Waals surface area (Å²) in [6, 6.07) is 12.2. The minimum atomic E-state index is -0.280. The predicted molar refractivity (Wildman–Crippen MR) is 102 cm³/mol. The fraction of sp³-hybridized carbons (Fsp3) is 0.333. The Morgan fingerprint density at radius 2 is 2.14 bits per heavy atom. The van der Waals surface area contributed by atoms with Crippen molar-refractivity contribution in [2.24, 2.45) is 0 Å². The van der Waals surface area contributed by atoms with Crippen LogP contribution in [0.2, 0.25) is 0 Å². The fourth-order valence-electron chi connectivity index (χ4n) is 3.09. The van der Waals surface area contributed by atoms with Crippen LogP contribution in [-0.2, 0) is 19.6 Å². The van der Waals surface area contributed by atoms with Crippen LogP contribution in [0.15, 0.2) is 57.8 Å². The van der Waals surface area contributed by atoms with Gasteiger partial charge in [-0.3, -0.25) is 9.69 Å². The lowest BCUT2D eigenvalue weighted by Crippen LogP contribution is -2.26. The van der Waals surface area contributed by atoms with Gasteiger partial charge in [-0.1, -0.05) is 12.1 Å². The topological polar surface area (TPSA) is 80.7 Å². The van der Waals surface area contributed by atoms with Crippen molar-refractivity contribution in [3.8, 4) is 5.75 Å². The van der Waals surface area contributed by atoms with E-state index in [1.54, 1.807) is 25.5 Å². The van der Waals surface area contributed by atoms with Gasteiger partial charge in [-0.25, -0.2) is 4.98 Å². The lowest BCUT2D eigenvalue weighted by Gasteiger charge is -2.20. The molecule has 2 aromatic heterocycles. The fourth-order valence-corrected chi connectivity index (χ4v) is 3.09. The maximum Gasteiger partial charge on any atom is 0.273 e. The Hall–Kier alpha value is -3.06. The molecule has 1 aromatic carbocycles. The molecule has 4 rings (SSSR count). The Labute approximate surface area is 163 Å². The van der Waals surface area contributed by atoms with E-state index < -0.39 is 0 Å². The smallest absolute Gasteiger partial charge is 0.273 e. The zero-order valence-electron chi connectivity index (χ0n) is 15.8. The molecule has 1 aliphatic rings. The molecule has 0 unspecified atom stereocenters. The molecule has 7 heteroatoms. The average Bonchev–Trinajstić information content (AvgIpc) is 3.23. The highest BCUT2D eigenvalue weighted by Crippen LogP contribution is 2.30. The third kappa shape index (κ3) is 4.61. The third-order valence-electron chi connectivity index (χ3n) is 4.71. The van der Waals surface area contributed by atoms with E-state index in [1.165, 1.54) is 24.7 Å². The van der Waals surface area contributed by atoms with E-state index in [1.807, 2.05) is 18.2 Å². The monoisotopic (exact) mass is 381 g/mol. The first kappa shape index (κ1) is 18.3. The molecule has 1 fully saturated rings. The number of oxazole rings is 1. The summed E-state index contributed by atoms with van der Waals surface area (Å²) in [4.78, 5) is 18.9. The number of carbonyl (C=O) groups excluding carboxylic acids is 1. The number of nitrogens with zero attached hydrogens (tertiary/aromatic N) is 2. The summed E-state index contributed by atoms with van der Waals surface area (Å²) in [5.41, 5.74) is 1.45. The van der Waals surface area contributed by atoms with Crippen molar-refractivity contribution in [1.82, 2.24) is 15.2 Å². The molecule has 0 saturated heterocycles. The third-order valence-corrected chi connectivity index (χ3v) is 4.71. The van der Waals surface area contributed by atoms with E-state index in [2.05, 4.69) is 21.3 Å². The summed E-state index contributed by atoms with van der Waals surface area (Å²) in [5, 5.41) is 2.77. The Kier molecular flexibility index (Phi) is 5.43. The van der Waals surface area contributed by atoms with Gasteiger partial charge in [0.05, 0.1) is 26.5 Å². The number of aromatic nitrogens is 1. The molecule has 3 aromatic rings. The largest absolute Gasteiger partial charge is 0.497 e. The van der Waals surface area contributed by atoms with Gasteiger partial charge in [-0.15, -0.1) is 0 Å². The molecule has 0 radical (unpaired) electrons. The molecule has 0 spiro atoms. The van der Waals surface area contributed by atoms with Crippen LogP contribution in [0.25, 0.3) is 0 Å². The molecule has 7 nitrogen and oxygen atoms in total. The van der Waals surface area contributed by atoms with Crippen LogP contribution in [-0.4, -0.2) is 28.9 Å². The molecule has 0 bridgehead atoms. The van der Waals surface area contributed by atoms with Crippen LogP contribution in [0.1, 0.15) is 40.5 Å². The zero-order valence-corrected chi connectivity index (χ0v) is 15.8. The van der Waals surface area contributed by atoms with Gasteiger partial charge in [-0.05, 0) is 42.7 Å². The zero-order chi connectivity index (χ0) is 19.3. The molecule has 1 amide bonds. The summed E-state index contributed by atoms with van der Waals surface area (Å²) in [5.74, 6) is 1.80.